The molecule has 4 rings (SSSR count). The summed E-state index contributed by atoms with van der Waals surface area (Å²) in [7, 11) is 0. The second-order valence-electron chi connectivity index (χ2n) is 5.48. The molecule has 0 radical (unpaired) electrons. The Hall–Kier alpha value is -1.49. The summed E-state index contributed by atoms with van der Waals surface area (Å²) in [5.74, 6) is 0. The Bertz CT molecular complexity index is 820. The summed E-state index contributed by atoms with van der Waals surface area (Å²) in [4.78, 5) is 0. The van der Waals surface area contributed by atoms with E-state index in [9.17, 15) is 0 Å². The lowest BCUT2D eigenvalue weighted by Gasteiger charge is -2.23. The predicted octanol–water partition coefficient (Wildman–Crippen LogP) is 3.61. The zero-order valence-corrected chi connectivity index (χ0v) is 12.7. The number of aromatic amines is 1. The number of H-pyrrole nitrogens is 1. The van der Waals surface area contributed by atoms with Crippen molar-refractivity contribution in [3.05, 3.63) is 40.3 Å². The van der Waals surface area contributed by atoms with E-state index in [1.807, 2.05) is 24.5 Å². The monoisotopic (exact) mass is 320 g/mol. The smallest absolute Gasteiger partial charge is 0.0835 e. The minimum atomic E-state index is 0.153. The van der Waals surface area contributed by atoms with Crippen LogP contribution in [0.2, 0.25) is 10.0 Å². The Balaban J connectivity index is 2.12. The molecule has 3 heterocycles. The first-order valence-corrected chi connectivity index (χ1v) is 7.66. The molecular formula is C15H14Cl2N4. The Labute approximate surface area is 131 Å². The van der Waals surface area contributed by atoms with Crippen LogP contribution in [-0.4, -0.2) is 20.8 Å². The number of nitrogens with one attached hydrogen (secondary N) is 1. The normalized spacial score (nSPS) is 18.1. The summed E-state index contributed by atoms with van der Waals surface area (Å²) in [5.41, 5.74) is 10.6. The molecule has 3 aromatic rings. The number of benzene rings is 1. The highest BCUT2D eigenvalue weighted by Crippen LogP contribution is 2.42. The van der Waals surface area contributed by atoms with Crippen LogP contribution < -0.4 is 5.73 Å². The molecule has 4 nitrogen and oxygen atoms in total. The molecule has 6 heteroatoms. The molecule has 108 valence electrons. The number of nitrogens with zero attached hydrogens (tertiary/aromatic N) is 2. The molecular weight excluding hydrogens is 307 g/mol. The van der Waals surface area contributed by atoms with Gasteiger partial charge in [-0.1, -0.05) is 29.3 Å². The fourth-order valence-corrected chi connectivity index (χ4v) is 3.67. The quantitative estimate of drug-likeness (QED) is 0.719. The minimum absolute atomic E-state index is 0.153. The highest BCUT2D eigenvalue weighted by atomic mass is 35.5. The molecule has 0 saturated carbocycles. The van der Waals surface area contributed by atoms with Gasteiger partial charge in [0.15, 0.2) is 0 Å². The average Bonchev–Trinajstić information content (AvgIpc) is 3.07. The molecule has 3 N–H and O–H groups in total. The summed E-state index contributed by atoms with van der Waals surface area (Å²) in [6.45, 7) is 0.768. The third kappa shape index (κ3) is 1.90. The van der Waals surface area contributed by atoms with Gasteiger partial charge in [-0.2, -0.15) is 5.10 Å². The van der Waals surface area contributed by atoms with Gasteiger partial charge in [0.25, 0.3) is 0 Å². The second kappa shape index (κ2) is 4.77. The third-order valence-corrected chi connectivity index (χ3v) is 4.97. The number of hydrogen-bond acceptors (Lipinski definition) is 2. The van der Waals surface area contributed by atoms with E-state index < -0.39 is 0 Å². The SMILES string of the molecule is NC1CCc2c(-c3cn[nH]c3)c3ccc(Cl)c(Cl)c3n2C1. The summed E-state index contributed by atoms with van der Waals surface area (Å²) in [5, 5.41) is 9.23. The topological polar surface area (TPSA) is 59.6 Å². The van der Waals surface area contributed by atoms with E-state index in [1.54, 1.807) is 0 Å². The number of fused-ring (bicyclic) bond motifs is 3. The molecule has 0 fully saturated rings. The van der Waals surface area contributed by atoms with Crippen LogP contribution in [0.4, 0.5) is 0 Å². The number of halogens is 2. The second-order valence-corrected chi connectivity index (χ2v) is 6.26. The summed E-state index contributed by atoms with van der Waals surface area (Å²) < 4.78 is 2.22. The van der Waals surface area contributed by atoms with Crippen LogP contribution in [0.5, 0.6) is 0 Å². The van der Waals surface area contributed by atoms with Gasteiger partial charge in [0.1, 0.15) is 0 Å². The minimum Gasteiger partial charge on any atom is -0.341 e. The van der Waals surface area contributed by atoms with E-state index >= 15 is 0 Å². The lowest BCUT2D eigenvalue weighted by atomic mass is 9.99. The summed E-state index contributed by atoms with van der Waals surface area (Å²) in [6, 6.07) is 4.03. The fourth-order valence-electron chi connectivity index (χ4n) is 3.25. The van der Waals surface area contributed by atoms with Gasteiger partial charge in [0, 0.05) is 41.0 Å². The molecule has 1 aliphatic heterocycles. The van der Waals surface area contributed by atoms with Crippen molar-refractivity contribution in [3.63, 3.8) is 0 Å². The van der Waals surface area contributed by atoms with Crippen LogP contribution in [0.3, 0.4) is 0 Å². The maximum absolute atomic E-state index is 6.47. The van der Waals surface area contributed by atoms with Crippen LogP contribution in [0.1, 0.15) is 12.1 Å². The Morgan fingerprint density at radius 1 is 1.33 bits per heavy atom. The molecule has 1 aliphatic rings. The molecule has 21 heavy (non-hydrogen) atoms. The van der Waals surface area contributed by atoms with Gasteiger partial charge in [-0.25, -0.2) is 0 Å². The van der Waals surface area contributed by atoms with Gasteiger partial charge < -0.3 is 10.3 Å². The van der Waals surface area contributed by atoms with Gasteiger partial charge in [-0.15, -0.1) is 0 Å². The molecule has 0 bridgehead atoms. The molecule has 0 amide bonds. The van der Waals surface area contributed by atoms with Crippen molar-refractivity contribution < 1.29 is 0 Å². The van der Waals surface area contributed by atoms with Crippen LogP contribution in [0.15, 0.2) is 24.5 Å². The average molecular weight is 321 g/mol. The Morgan fingerprint density at radius 2 is 2.19 bits per heavy atom. The maximum Gasteiger partial charge on any atom is 0.0835 e. The van der Waals surface area contributed by atoms with Gasteiger partial charge in [0.05, 0.1) is 21.8 Å². The largest absolute Gasteiger partial charge is 0.341 e. The van der Waals surface area contributed by atoms with E-state index in [-0.39, 0.29) is 6.04 Å². The van der Waals surface area contributed by atoms with E-state index in [1.165, 1.54) is 11.3 Å². The predicted molar refractivity (Wildman–Crippen MR) is 85.8 cm³/mol. The highest BCUT2D eigenvalue weighted by Gasteiger charge is 2.26. The van der Waals surface area contributed by atoms with Gasteiger partial charge in [-0.05, 0) is 18.9 Å². The standard InChI is InChI=1S/C15H14Cl2N4/c16-11-3-2-10-13(8-5-19-20-6-8)12-4-1-9(18)7-21(12)15(10)14(11)17/h2-3,5-6,9H,1,4,7,18H2,(H,19,20). The first kappa shape index (κ1) is 13.2. The lowest BCUT2D eigenvalue weighted by Crippen LogP contribution is -2.31. The van der Waals surface area contributed by atoms with E-state index in [2.05, 4.69) is 14.8 Å². The van der Waals surface area contributed by atoms with Crippen LogP contribution in [0.25, 0.3) is 22.0 Å². The Morgan fingerprint density at radius 3 is 2.95 bits per heavy atom. The maximum atomic E-state index is 6.47. The molecule has 1 atom stereocenters. The van der Waals surface area contributed by atoms with Crippen molar-refractivity contribution >= 4 is 34.1 Å². The van der Waals surface area contributed by atoms with Gasteiger partial charge in [0.2, 0.25) is 0 Å². The van der Waals surface area contributed by atoms with Crippen molar-refractivity contribution in [2.45, 2.75) is 25.4 Å². The first-order chi connectivity index (χ1) is 10.2. The van der Waals surface area contributed by atoms with Crippen LogP contribution >= 0.6 is 23.2 Å². The van der Waals surface area contributed by atoms with Crippen molar-refractivity contribution in [3.8, 4) is 11.1 Å². The van der Waals surface area contributed by atoms with Crippen molar-refractivity contribution in [2.24, 2.45) is 5.73 Å². The molecule has 1 unspecified atom stereocenters. The fraction of sp³-hybridized carbons (Fsp3) is 0.267. The number of nitrogens with two attached hydrogens (primary N) is 1. The van der Waals surface area contributed by atoms with Crippen molar-refractivity contribution in [1.82, 2.24) is 14.8 Å². The van der Waals surface area contributed by atoms with E-state index in [0.717, 1.165) is 35.9 Å². The highest BCUT2D eigenvalue weighted by molar-refractivity contribution is 6.45. The number of rotatable bonds is 1. The van der Waals surface area contributed by atoms with Gasteiger partial charge >= 0.3 is 0 Å². The molecule has 2 aromatic heterocycles. The lowest BCUT2D eigenvalue weighted by molar-refractivity contribution is 0.471. The van der Waals surface area contributed by atoms with Crippen LogP contribution in [0, 0.1) is 0 Å². The molecule has 0 spiro atoms. The van der Waals surface area contributed by atoms with E-state index in [0.29, 0.717) is 10.0 Å². The third-order valence-electron chi connectivity index (χ3n) is 4.18. The zero-order valence-electron chi connectivity index (χ0n) is 11.2. The zero-order chi connectivity index (χ0) is 14.6. The van der Waals surface area contributed by atoms with Crippen LogP contribution in [-0.2, 0) is 13.0 Å². The summed E-state index contributed by atoms with van der Waals surface area (Å²) in [6.07, 6.45) is 5.66. The molecule has 0 aliphatic carbocycles. The first-order valence-electron chi connectivity index (χ1n) is 6.90. The van der Waals surface area contributed by atoms with E-state index in [4.69, 9.17) is 28.9 Å². The molecule has 0 saturated heterocycles. The summed E-state index contributed by atoms with van der Waals surface area (Å²) >= 11 is 12.7. The number of aromatic nitrogens is 3. The van der Waals surface area contributed by atoms with Gasteiger partial charge in [-0.3, -0.25) is 5.10 Å². The molecule has 1 aromatic carbocycles. The van der Waals surface area contributed by atoms with Crippen molar-refractivity contribution in [1.29, 1.82) is 0 Å². The Kier molecular flexibility index (Phi) is 2.99. The van der Waals surface area contributed by atoms with Crippen molar-refractivity contribution in [2.75, 3.05) is 0 Å². The number of hydrogen-bond donors (Lipinski definition) is 2.